The van der Waals surface area contributed by atoms with Crippen LogP contribution in [-0.2, 0) is 10.0 Å². The quantitative estimate of drug-likeness (QED) is 0.805. The first-order valence-electron chi connectivity index (χ1n) is 5.12. The first-order chi connectivity index (χ1) is 7.84. The fourth-order valence-corrected chi connectivity index (χ4v) is 1.83. The van der Waals surface area contributed by atoms with Gasteiger partial charge in [-0.1, -0.05) is 12.1 Å². The zero-order chi connectivity index (χ0) is 13.1. The van der Waals surface area contributed by atoms with Crippen molar-refractivity contribution < 1.29 is 17.5 Å². The van der Waals surface area contributed by atoms with Gasteiger partial charge in [0.25, 0.3) is 0 Å². The summed E-state index contributed by atoms with van der Waals surface area (Å²) in [4.78, 5) is 0. The Morgan fingerprint density at radius 1 is 1.35 bits per heavy atom. The van der Waals surface area contributed by atoms with Gasteiger partial charge in [0.05, 0.1) is 5.75 Å². The molecule has 0 saturated heterocycles. The zero-order valence-electron chi connectivity index (χ0n) is 10.1. The molecule has 1 aromatic rings. The number of aryl methyl sites for hydroxylation is 1. The lowest BCUT2D eigenvalue weighted by Crippen LogP contribution is -2.28. The minimum atomic E-state index is -3.31. The van der Waals surface area contributed by atoms with Crippen molar-refractivity contribution >= 4 is 10.0 Å². The average molecular weight is 261 g/mol. The highest BCUT2D eigenvalue weighted by Gasteiger charge is 2.14. The Balaban J connectivity index is 2.61. The molecule has 0 aromatic heterocycles. The van der Waals surface area contributed by atoms with Gasteiger partial charge in [-0.25, -0.2) is 17.1 Å². The van der Waals surface area contributed by atoms with Gasteiger partial charge in [-0.2, -0.15) is 0 Å². The van der Waals surface area contributed by atoms with Gasteiger partial charge >= 0.3 is 0 Å². The molecule has 6 heteroatoms. The van der Waals surface area contributed by atoms with Gasteiger partial charge in [0.2, 0.25) is 10.0 Å². The predicted molar refractivity (Wildman–Crippen MR) is 64.1 cm³/mol. The smallest absolute Gasteiger partial charge is 0.216 e. The lowest BCUT2D eigenvalue weighted by Gasteiger charge is -2.12. The van der Waals surface area contributed by atoms with Crippen LogP contribution in [0.2, 0.25) is 0 Å². The van der Waals surface area contributed by atoms with Crippen molar-refractivity contribution in [2.24, 2.45) is 0 Å². The van der Waals surface area contributed by atoms with Crippen LogP contribution in [0, 0.1) is 12.7 Å². The van der Waals surface area contributed by atoms with E-state index in [2.05, 4.69) is 0 Å². The Bertz CT molecular complexity index is 485. The second-order valence-corrected chi connectivity index (χ2v) is 6.14. The van der Waals surface area contributed by atoms with Crippen molar-refractivity contribution in [3.8, 4) is 5.75 Å². The summed E-state index contributed by atoms with van der Waals surface area (Å²) in [6, 6.07) is 4.76. The minimum Gasteiger partial charge on any atom is -0.489 e. The van der Waals surface area contributed by atoms with E-state index in [9.17, 15) is 12.8 Å². The highest BCUT2D eigenvalue weighted by Crippen LogP contribution is 2.19. The largest absolute Gasteiger partial charge is 0.489 e. The number of rotatable bonds is 5. The number of ether oxygens (including phenoxy) is 1. The number of hydrogen-bond acceptors (Lipinski definition) is 3. The Morgan fingerprint density at radius 2 is 2.00 bits per heavy atom. The van der Waals surface area contributed by atoms with E-state index in [0.29, 0.717) is 5.56 Å². The topological polar surface area (TPSA) is 46.6 Å². The van der Waals surface area contributed by atoms with Crippen LogP contribution in [0.25, 0.3) is 0 Å². The molecule has 0 N–H and O–H groups in total. The molecule has 0 saturated carbocycles. The van der Waals surface area contributed by atoms with Crippen LogP contribution in [0.4, 0.5) is 4.39 Å². The number of hydrogen-bond donors (Lipinski definition) is 0. The number of sulfonamides is 1. The third kappa shape index (κ3) is 3.67. The molecule has 17 heavy (non-hydrogen) atoms. The lowest BCUT2D eigenvalue weighted by atomic mass is 10.2. The first kappa shape index (κ1) is 13.9. The van der Waals surface area contributed by atoms with E-state index < -0.39 is 15.8 Å². The number of halogens is 1. The van der Waals surface area contributed by atoms with E-state index in [4.69, 9.17) is 4.74 Å². The molecule has 0 fully saturated rings. The van der Waals surface area contributed by atoms with Crippen molar-refractivity contribution in [2.45, 2.75) is 6.92 Å². The first-order valence-corrected chi connectivity index (χ1v) is 6.73. The number of benzene rings is 1. The van der Waals surface area contributed by atoms with Gasteiger partial charge < -0.3 is 4.74 Å². The molecule has 0 bridgehead atoms. The molecule has 0 heterocycles. The molecule has 0 amide bonds. The van der Waals surface area contributed by atoms with Crippen molar-refractivity contribution in [1.82, 2.24) is 4.31 Å². The van der Waals surface area contributed by atoms with E-state index in [1.54, 1.807) is 19.1 Å². The summed E-state index contributed by atoms with van der Waals surface area (Å²) in [6.07, 6.45) is 0. The number of nitrogens with zero attached hydrogens (tertiary/aromatic N) is 1. The second-order valence-electron chi connectivity index (χ2n) is 3.83. The Morgan fingerprint density at radius 3 is 2.59 bits per heavy atom. The molecule has 0 aliphatic rings. The molecule has 0 spiro atoms. The fraction of sp³-hybridized carbons (Fsp3) is 0.455. The lowest BCUT2D eigenvalue weighted by molar-refractivity contribution is 0.319. The third-order valence-electron chi connectivity index (χ3n) is 2.31. The molecular formula is C11H16FNO3S. The summed E-state index contributed by atoms with van der Waals surface area (Å²) in [5.41, 5.74) is 0.470. The average Bonchev–Trinajstić information content (AvgIpc) is 2.24. The Labute approximate surface area is 101 Å². The standard InChI is InChI=1S/C11H16FNO3S/c1-9-5-4-6-10(11(9)12)16-7-8-17(14,15)13(2)3/h4-6H,7-8H2,1-3H3. The van der Waals surface area contributed by atoms with Crippen molar-refractivity contribution in [1.29, 1.82) is 0 Å². The Hall–Kier alpha value is -1.14. The van der Waals surface area contributed by atoms with Crippen LogP contribution in [0.15, 0.2) is 18.2 Å². The maximum absolute atomic E-state index is 13.5. The maximum Gasteiger partial charge on any atom is 0.216 e. The van der Waals surface area contributed by atoms with Crippen molar-refractivity contribution in [3.63, 3.8) is 0 Å². The molecule has 0 atom stereocenters. The van der Waals surface area contributed by atoms with E-state index in [1.807, 2.05) is 0 Å². The summed E-state index contributed by atoms with van der Waals surface area (Å²) in [5.74, 6) is -0.540. The molecular weight excluding hydrogens is 245 g/mol. The summed E-state index contributed by atoms with van der Waals surface area (Å²) in [6.45, 7) is 1.56. The van der Waals surface area contributed by atoms with Gasteiger partial charge in [0, 0.05) is 14.1 Å². The molecule has 0 unspecified atom stereocenters. The summed E-state index contributed by atoms with van der Waals surface area (Å²) in [7, 11) is -0.411. The van der Waals surface area contributed by atoms with Crippen molar-refractivity contribution in [2.75, 3.05) is 26.5 Å². The minimum absolute atomic E-state index is 0.0686. The molecule has 1 rings (SSSR count). The van der Waals surface area contributed by atoms with Gasteiger partial charge in [-0.05, 0) is 18.6 Å². The highest BCUT2D eigenvalue weighted by molar-refractivity contribution is 7.89. The van der Waals surface area contributed by atoms with Gasteiger partial charge in [-0.3, -0.25) is 0 Å². The second kappa shape index (κ2) is 5.46. The van der Waals surface area contributed by atoms with Gasteiger partial charge in [0.1, 0.15) is 6.61 Å². The maximum atomic E-state index is 13.5. The SMILES string of the molecule is Cc1cccc(OCCS(=O)(=O)N(C)C)c1F. The van der Waals surface area contributed by atoms with Crippen LogP contribution in [-0.4, -0.2) is 39.2 Å². The fourth-order valence-electron chi connectivity index (χ4n) is 1.17. The molecule has 0 aliphatic heterocycles. The molecule has 1 aromatic carbocycles. The van der Waals surface area contributed by atoms with E-state index in [0.717, 1.165) is 4.31 Å². The van der Waals surface area contributed by atoms with Crippen molar-refractivity contribution in [3.05, 3.63) is 29.6 Å². The molecule has 0 aliphatic carbocycles. The monoisotopic (exact) mass is 261 g/mol. The molecule has 4 nitrogen and oxygen atoms in total. The van der Waals surface area contributed by atoms with E-state index in [1.165, 1.54) is 20.2 Å². The summed E-state index contributed by atoms with van der Waals surface area (Å²) < 4.78 is 42.6. The summed E-state index contributed by atoms with van der Waals surface area (Å²) >= 11 is 0. The predicted octanol–water partition coefficient (Wildman–Crippen LogP) is 1.40. The third-order valence-corrected chi connectivity index (χ3v) is 4.11. The molecule has 96 valence electrons. The van der Waals surface area contributed by atoms with Gasteiger partial charge in [0.15, 0.2) is 11.6 Å². The van der Waals surface area contributed by atoms with Crippen LogP contribution < -0.4 is 4.74 Å². The van der Waals surface area contributed by atoms with E-state index >= 15 is 0 Å². The highest BCUT2D eigenvalue weighted by atomic mass is 32.2. The normalized spacial score (nSPS) is 11.8. The Kier molecular flexibility index (Phi) is 4.47. The van der Waals surface area contributed by atoms with Crippen LogP contribution >= 0.6 is 0 Å². The van der Waals surface area contributed by atoms with Crippen LogP contribution in [0.3, 0.4) is 0 Å². The summed E-state index contributed by atoms with van der Waals surface area (Å²) in [5, 5.41) is 0. The van der Waals surface area contributed by atoms with Crippen LogP contribution in [0.1, 0.15) is 5.56 Å². The van der Waals surface area contributed by atoms with Gasteiger partial charge in [-0.15, -0.1) is 0 Å². The zero-order valence-corrected chi connectivity index (χ0v) is 10.9. The van der Waals surface area contributed by atoms with Crippen LogP contribution in [0.5, 0.6) is 5.75 Å². The molecule has 0 radical (unpaired) electrons. The van der Waals surface area contributed by atoms with E-state index in [-0.39, 0.29) is 18.1 Å².